The van der Waals surface area contributed by atoms with Crippen molar-refractivity contribution >= 4 is 7.75 Å². The third-order valence-electron chi connectivity index (χ3n) is 8.71. The SMILES string of the molecule is CCCCC/C=C\C/C=C\CCCCCCCC1OP(=O)(NCCN(C)C)OC1CCCCCCC/C=C\C/C=C\CCCCC. The first-order valence-corrected chi connectivity index (χ1v) is 21.0. The van der Waals surface area contributed by atoms with Gasteiger partial charge in [0.25, 0.3) is 0 Å². The molecule has 1 fully saturated rings. The summed E-state index contributed by atoms with van der Waals surface area (Å²) in [7, 11) is 0.824. The minimum Gasteiger partial charge on any atom is -0.308 e. The van der Waals surface area contributed by atoms with Gasteiger partial charge in [-0.05, 0) is 91.1 Å². The van der Waals surface area contributed by atoms with Crippen LogP contribution in [-0.2, 0) is 13.6 Å². The predicted octanol–water partition coefficient (Wildman–Crippen LogP) is 12.7. The van der Waals surface area contributed by atoms with Crippen LogP contribution in [0.5, 0.6) is 0 Å². The second kappa shape index (κ2) is 31.3. The maximum absolute atomic E-state index is 13.3. The predicted molar refractivity (Wildman–Crippen MR) is 203 cm³/mol. The lowest BCUT2D eigenvalue weighted by Gasteiger charge is -2.15. The lowest BCUT2D eigenvalue weighted by atomic mass is 9.99. The zero-order valence-electron chi connectivity index (χ0n) is 30.8. The van der Waals surface area contributed by atoms with Gasteiger partial charge >= 0.3 is 7.75 Å². The maximum Gasteiger partial charge on any atom is 0.406 e. The number of hydrogen-bond acceptors (Lipinski definition) is 4. The summed E-state index contributed by atoms with van der Waals surface area (Å²) in [6, 6.07) is 0. The number of nitrogens with one attached hydrogen (secondary N) is 1. The molecule has 0 spiro atoms. The normalized spacial score (nSPS) is 20.6. The Balaban J connectivity index is 2.23. The van der Waals surface area contributed by atoms with Crippen LogP contribution in [0.2, 0.25) is 0 Å². The lowest BCUT2D eigenvalue weighted by molar-refractivity contribution is 0.133. The Bertz CT molecular complexity index is 780. The van der Waals surface area contributed by atoms with E-state index in [0.29, 0.717) is 6.54 Å². The molecular formula is C40H75N2O3P. The van der Waals surface area contributed by atoms with Crippen molar-refractivity contribution < 1.29 is 13.6 Å². The van der Waals surface area contributed by atoms with Gasteiger partial charge in [-0.1, -0.05) is 140 Å². The zero-order valence-corrected chi connectivity index (χ0v) is 31.7. The molecule has 0 aromatic heterocycles. The molecule has 1 N–H and O–H groups in total. The van der Waals surface area contributed by atoms with Crippen LogP contribution in [0.15, 0.2) is 48.6 Å². The molecule has 1 aliphatic rings. The van der Waals surface area contributed by atoms with Crippen LogP contribution in [0.4, 0.5) is 0 Å². The number of unbranched alkanes of at least 4 members (excludes halogenated alkanes) is 16. The van der Waals surface area contributed by atoms with Crippen LogP contribution in [0.25, 0.3) is 0 Å². The highest BCUT2D eigenvalue weighted by Crippen LogP contribution is 2.54. The fourth-order valence-corrected chi connectivity index (χ4v) is 7.56. The summed E-state index contributed by atoms with van der Waals surface area (Å²) < 4.78 is 25.6. The van der Waals surface area contributed by atoms with Gasteiger partial charge in [-0.2, -0.15) is 0 Å². The fourth-order valence-electron chi connectivity index (χ4n) is 5.79. The third kappa shape index (κ3) is 26.0. The molecule has 0 bridgehead atoms. The van der Waals surface area contributed by atoms with E-state index < -0.39 is 7.75 Å². The standard InChI is InChI=1S/C40H75N2O3P/c1-5-7-9-11-13-15-17-19-21-23-25-27-29-31-33-35-39-40(45-46(43,44-39)41-37-38-42(3)4)36-34-32-30-28-26-24-22-20-18-16-14-12-10-8-6-2/h13-16,19-22,39-40H,5-12,17-18,23-38H2,1-4H3,(H,41,43)/b15-13-,16-14-,21-19-,22-20-. The number of hydrogen-bond donors (Lipinski definition) is 1. The van der Waals surface area contributed by atoms with Gasteiger partial charge in [0.1, 0.15) is 0 Å². The lowest BCUT2D eigenvalue weighted by Crippen LogP contribution is -2.25. The Hall–Kier alpha value is -0.970. The van der Waals surface area contributed by atoms with Crippen molar-refractivity contribution in [3.8, 4) is 0 Å². The molecule has 0 amide bonds. The molecule has 1 rings (SSSR count). The summed E-state index contributed by atoms with van der Waals surface area (Å²) in [5.41, 5.74) is 0. The van der Waals surface area contributed by atoms with E-state index in [-0.39, 0.29) is 12.2 Å². The first-order valence-electron chi connectivity index (χ1n) is 19.5. The first-order chi connectivity index (χ1) is 22.5. The van der Waals surface area contributed by atoms with E-state index in [4.69, 9.17) is 9.05 Å². The van der Waals surface area contributed by atoms with Gasteiger partial charge in [0.05, 0.1) is 12.2 Å². The van der Waals surface area contributed by atoms with E-state index in [9.17, 15) is 4.57 Å². The van der Waals surface area contributed by atoms with Crippen LogP contribution in [0.1, 0.15) is 168 Å². The molecule has 1 saturated heterocycles. The van der Waals surface area contributed by atoms with Crippen molar-refractivity contribution in [2.75, 3.05) is 27.2 Å². The van der Waals surface area contributed by atoms with Gasteiger partial charge in [0.15, 0.2) is 0 Å². The fraction of sp³-hybridized carbons (Fsp3) is 0.800. The number of allylic oxidation sites excluding steroid dienone is 8. The Kier molecular flexibility index (Phi) is 29.3. The Morgan fingerprint density at radius 3 is 1.30 bits per heavy atom. The van der Waals surface area contributed by atoms with E-state index in [2.05, 4.69) is 72.4 Å². The van der Waals surface area contributed by atoms with Crippen molar-refractivity contribution in [1.29, 1.82) is 0 Å². The Labute approximate surface area is 286 Å². The van der Waals surface area contributed by atoms with Gasteiger partial charge in [-0.25, -0.2) is 9.65 Å². The maximum atomic E-state index is 13.3. The number of rotatable bonds is 32. The van der Waals surface area contributed by atoms with Crippen LogP contribution in [0.3, 0.4) is 0 Å². The second-order valence-electron chi connectivity index (χ2n) is 13.5. The van der Waals surface area contributed by atoms with E-state index in [0.717, 1.165) is 45.1 Å². The molecule has 6 heteroatoms. The summed E-state index contributed by atoms with van der Waals surface area (Å²) >= 11 is 0. The molecule has 0 radical (unpaired) electrons. The Morgan fingerprint density at radius 1 is 0.543 bits per heavy atom. The van der Waals surface area contributed by atoms with Crippen LogP contribution >= 0.6 is 7.75 Å². The zero-order chi connectivity index (χ0) is 33.4. The first kappa shape index (κ1) is 43.1. The molecule has 46 heavy (non-hydrogen) atoms. The van der Waals surface area contributed by atoms with Crippen molar-refractivity contribution in [1.82, 2.24) is 9.99 Å². The molecule has 0 aromatic rings. The molecule has 0 saturated carbocycles. The highest BCUT2D eigenvalue weighted by atomic mass is 31.2. The van der Waals surface area contributed by atoms with Crippen LogP contribution in [0, 0.1) is 0 Å². The number of nitrogens with zero attached hydrogens (tertiary/aromatic N) is 1. The highest BCUT2D eigenvalue weighted by molar-refractivity contribution is 7.51. The summed E-state index contributed by atoms with van der Waals surface area (Å²) in [6.07, 6.45) is 47.5. The molecule has 1 heterocycles. The van der Waals surface area contributed by atoms with Crippen molar-refractivity contribution in [3.63, 3.8) is 0 Å². The summed E-state index contributed by atoms with van der Waals surface area (Å²) in [5, 5.41) is 3.11. The minimum absolute atomic E-state index is 0.0542. The molecule has 0 aromatic carbocycles. The number of likely N-dealkylation sites (N-methyl/N-ethyl adjacent to an activating group) is 1. The smallest absolute Gasteiger partial charge is 0.308 e. The molecule has 2 atom stereocenters. The molecule has 0 aliphatic carbocycles. The Morgan fingerprint density at radius 2 is 0.913 bits per heavy atom. The molecule has 2 unspecified atom stereocenters. The molecular weight excluding hydrogens is 587 g/mol. The van der Waals surface area contributed by atoms with E-state index in [1.165, 1.54) is 116 Å². The topological polar surface area (TPSA) is 50.8 Å². The van der Waals surface area contributed by atoms with E-state index >= 15 is 0 Å². The summed E-state index contributed by atoms with van der Waals surface area (Å²) in [5.74, 6) is 0. The quantitative estimate of drug-likeness (QED) is 0.0441. The van der Waals surface area contributed by atoms with E-state index in [1.54, 1.807) is 0 Å². The average Bonchev–Trinajstić information content (AvgIpc) is 3.35. The van der Waals surface area contributed by atoms with Gasteiger partial charge in [0, 0.05) is 13.1 Å². The van der Waals surface area contributed by atoms with Crippen molar-refractivity contribution in [2.45, 2.75) is 180 Å². The molecule has 268 valence electrons. The van der Waals surface area contributed by atoms with Crippen molar-refractivity contribution in [2.24, 2.45) is 0 Å². The average molecular weight is 663 g/mol. The van der Waals surface area contributed by atoms with Crippen molar-refractivity contribution in [3.05, 3.63) is 48.6 Å². The van der Waals surface area contributed by atoms with Gasteiger partial charge < -0.3 is 4.90 Å². The monoisotopic (exact) mass is 663 g/mol. The molecule has 1 aliphatic heterocycles. The van der Waals surface area contributed by atoms with Gasteiger partial charge in [0.2, 0.25) is 0 Å². The minimum atomic E-state index is -3.22. The van der Waals surface area contributed by atoms with Crippen LogP contribution < -0.4 is 5.09 Å². The van der Waals surface area contributed by atoms with E-state index in [1.807, 2.05) is 14.1 Å². The largest absolute Gasteiger partial charge is 0.406 e. The summed E-state index contributed by atoms with van der Waals surface area (Å²) in [6.45, 7) is 5.93. The summed E-state index contributed by atoms with van der Waals surface area (Å²) in [4.78, 5) is 2.08. The van der Waals surface area contributed by atoms with Crippen LogP contribution in [-0.4, -0.2) is 44.3 Å². The molecule has 5 nitrogen and oxygen atoms in total. The third-order valence-corrected chi connectivity index (χ3v) is 10.4. The van der Waals surface area contributed by atoms with Gasteiger partial charge in [-0.3, -0.25) is 9.05 Å². The second-order valence-corrected chi connectivity index (χ2v) is 15.3. The van der Waals surface area contributed by atoms with Gasteiger partial charge in [-0.15, -0.1) is 0 Å². The highest BCUT2D eigenvalue weighted by Gasteiger charge is 2.43.